The summed E-state index contributed by atoms with van der Waals surface area (Å²) >= 11 is 5.94. The molecule has 0 saturated carbocycles. The Morgan fingerprint density at radius 3 is 2.28 bits per heavy atom. The van der Waals surface area contributed by atoms with Crippen LogP contribution in [-0.2, 0) is 20.1 Å². The number of ether oxygens (including phenoxy) is 1. The average molecular weight is 372 g/mol. The molecule has 1 heterocycles. The third-order valence-electron chi connectivity index (χ3n) is 3.45. The molecule has 7 nitrogen and oxygen atoms in total. The van der Waals surface area contributed by atoms with E-state index in [0.717, 1.165) is 0 Å². The number of aliphatic hydroxyl groups is 1. The third kappa shape index (κ3) is 6.47. The van der Waals surface area contributed by atoms with Crippen molar-refractivity contribution in [1.82, 2.24) is 5.32 Å². The minimum atomic E-state index is -1.32. The highest BCUT2D eigenvalue weighted by Crippen LogP contribution is 2.33. The fourth-order valence-electron chi connectivity index (χ4n) is 2.33. The van der Waals surface area contributed by atoms with E-state index in [4.69, 9.17) is 26.6 Å². The lowest BCUT2D eigenvalue weighted by atomic mass is 9.93. The van der Waals surface area contributed by atoms with E-state index in [-0.39, 0.29) is 11.6 Å². The summed E-state index contributed by atoms with van der Waals surface area (Å²) in [5, 5.41) is 30.2. The summed E-state index contributed by atoms with van der Waals surface area (Å²) in [7, 11) is 0. The lowest BCUT2D eigenvalue weighted by molar-refractivity contribution is -0.263. The number of morpholine rings is 1. The minimum Gasteiger partial charge on any atom is -0.478 e. The first-order valence-corrected chi connectivity index (χ1v) is 7.88. The van der Waals surface area contributed by atoms with Gasteiger partial charge in [0.05, 0.1) is 12.6 Å². The predicted molar refractivity (Wildman–Crippen MR) is 92.4 cm³/mol. The molecule has 0 amide bonds. The van der Waals surface area contributed by atoms with Gasteiger partial charge < -0.3 is 25.4 Å². The summed E-state index contributed by atoms with van der Waals surface area (Å²) < 4.78 is 5.67. The molecule has 1 aromatic carbocycles. The predicted octanol–water partition coefficient (Wildman–Crippen LogP) is 1.98. The van der Waals surface area contributed by atoms with Crippen LogP contribution in [0.3, 0.4) is 0 Å². The molecule has 0 bridgehead atoms. The first-order chi connectivity index (χ1) is 11.5. The van der Waals surface area contributed by atoms with Crippen molar-refractivity contribution < 1.29 is 29.6 Å². The maximum Gasteiger partial charge on any atom is 0.328 e. The zero-order valence-corrected chi connectivity index (χ0v) is 14.9. The first kappa shape index (κ1) is 21.1. The Balaban J connectivity index is 0.000000333. The van der Waals surface area contributed by atoms with E-state index in [1.807, 2.05) is 32.9 Å². The van der Waals surface area contributed by atoms with Crippen LogP contribution in [0.4, 0.5) is 0 Å². The molecule has 8 heteroatoms. The molecule has 1 aliphatic rings. The number of rotatable bonds is 3. The molecule has 2 rings (SSSR count). The third-order valence-corrected chi connectivity index (χ3v) is 3.69. The Hall–Kier alpha value is -1.93. The molecule has 0 aliphatic carbocycles. The Morgan fingerprint density at radius 2 is 1.84 bits per heavy atom. The van der Waals surface area contributed by atoms with E-state index in [2.05, 4.69) is 5.32 Å². The summed E-state index contributed by atoms with van der Waals surface area (Å²) in [6, 6.07) is 6.94. The molecule has 1 aromatic rings. The number of hydrogen-bond acceptors (Lipinski definition) is 5. The molecule has 0 spiro atoms. The van der Waals surface area contributed by atoms with Gasteiger partial charge in [-0.1, -0.05) is 23.7 Å². The van der Waals surface area contributed by atoms with Crippen LogP contribution in [0.1, 0.15) is 26.3 Å². The molecule has 1 aliphatic heterocycles. The average Bonchev–Trinajstić information content (AvgIpc) is 2.50. The monoisotopic (exact) mass is 371 g/mol. The molecule has 0 unspecified atom stereocenters. The van der Waals surface area contributed by atoms with Crippen molar-refractivity contribution in [3.05, 3.63) is 47.0 Å². The smallest absolute Gasteiger partial charge is 0.328 e. The van der Waals surface area contributed by atoms with E-state index < -0.39 is 17.7 Å². The van der Waals surface area contributed by atoms with Crippen molar-refractivity contribution in [2.75, 3.05) is 6.61 Å². The fourth-order valence-corrected chi connectivity index (χ4v) is 2.52. The quantitative estimate of drug-likeness (QED) is 0.600. The van der Waals surface area contributed by atoms with Crippen molar-refractivity contribution in [2.45, 2.75) is 38.1 Å². The largest absolute Gasteiger partial charge is 0.478 e. The number of carboxylic acid groups (broad SMARTS) is 2. The SMILES string of the molecule is C[C@@H]1NC(C)(C)CO[C@@]1(O)c1cccc(Cl)c1.O=C(O)/C=C/C(=O)O. The summed E-state index contributed by atoms with van der Waals surface area (Å²) in [6.45, 7) is 6.43. The molecule has 138 valence electrons. The van der Waals surface area contributed by atoms with Gasteiger partial charge in [-0.3, -0.25) is 0 Å². The normalized spacial score (nSPS) is 25.1. The van der Waals surface area contributed by atoms with Crippen molar-refractivity contribution in [3.63, 3.8) is 0 Å². The van der Waals surface area contributed by atoms with E-state index in [0.29, 0.717) is 29.3 Å². The van der Waals surface area contributed by atoms with Crippen LogP contribution in [0, 0.1) is 0 Å². The number of aliphatic carboxylic acids is 2. The number of nitrogens with one attached hydrogen (secondary N) is 1. The van der Waals surface area contributed by atoms with E-state index in [1.54, 1.807) is 12.1 Å². The van der Waals surface area contributed by atoms with Crippen molar-refractivity contribution in [3.8, 4) is 0 Å². The molecule has 0 radical (unpaired) electrons. The van der Waals surface area contributed by atoms with Crippen molar-refractivity contribution >= 4 is 23.5 Å². The fraction of sp³-hybridized carbons (Fsp3) is 0.412. The zero-order chi connectivity index (χ0) is 19.3. The Kier molecular flexibility index (Phi) is 7.13. The summed E-state index contributed by atoms with van der Waals surface area (Å²) in [4.78, 5) is 19.1. The maximum atomic E-state index is 10.6. The second-order valence-electron chi connectivity index (χ2n) is 6.26. The molecule has 0 aromatic heterocycles. The van der Waals surface area contributed by atoms with E-state index >= 15 is 0 Å². The Morgan fingerprint density at radius 1 is 1.28 bits per heavy atom. The summed E-state index contributed by atoms with van der Waals surface area (Å²) in [5.74, 6) is -3.83. The molecule has 1 saturated heterocycles. The van der Waals surface area contributed by atoms with Gasteiger partial charge in [0.2, 0.25) is 5.79 Å². The van der Waals surface area contributed by atoms with Crippen LogP contribution in [0.2, 0.25) is 5.02 Å². The highest BCUT2D eigenvalue weighted by atomic mass is 35.5. The van der Waals surface area contributed by atoms with Gasteiger partial charge in [0.25, 0.3) is 0 Å². The molecule has 25 heavy (non-hydrogen) atoms. The number of halogens is 1. The van der Waals surface area contributed by atoms with Crippen LogP contribution in [0.15, 0.2) is 36.4 Å². The van der Waals surface area contributed by atoms with Crippen LogP contribution in [0.25, 0.3) is 0 Å². The van der Waals surface area contributed by atoms with E-state index in [9.17, 15) is 14.7 Å². The van der Waals surface area contributed by atoms with Crippen LogP contribution >= 0.6 is 11.6 Å². The van der Waals surface area contributed by atoms with E-state index in [1.165, 1.54) is 0 Å². The summed E-state index contributed by atoms with van der Waals surface area (Å²) in [6.07, 6.45) is 1.12. The Bertz CT molecular complexity index is 644. The van der Waals surface area contributed by atoms with Crippen molar-refractivity contribution in [2.24, 2.45) is 0 Å². The van der Waals surface area contributed by atoms with Crippen LogP contribution in [-0.4, -0.2) is 45.4 Å². The number of benzene rings is 1. The van der Waals surface area contributed by atoms with Gasteiger partial charge in [-0.2, -0.15) is 0 Å². The molecule has 1 fully saturated rings. The standard InChI is InChI=1S/C13H18ClNO2.C4H4O4/c1-9-13(16,17-8-12(2,3)15-9)10-5-4-6-11(14)7-10;5-3(6)1-2-4(7)8/h4-7,9,15-16H,8H2,1-3H3;1-2H,(H,5,6)(H,7,8)/b;2-1+/t9-,13+;/m0./s1. The highest BCUT2D eigenvalue weighted by molar-refractivity contribution is 6.30. The zero-order valence-electron chi connectivity index (χ0n) is 14.2. The molecule has 4 N–H and O–H groups in total. The Labute approximate surface area is 150 Å². The van der Waals surface area contributed by atoms with Gasteiger partial charge in [-0.25, -0.2) is 9.59 Å². The first-order valence-electron chi connectivity index (χ1n) is 7.50. The summed E-state index contributed by atoms with van der Waals surface area (Å²) in [5.41, 5.74) is 0.546. The van der Waals surface area contributed by atoms with Gasteiger partial charge in [-0.15, -0.1) is 0 Å². The second-order valence-corrected chi connectivity index (χ2v) is 6.69. The van der Waals surface area contributed by atoms with Gasteiger partial charge >= 0.3 is 11.9 Å². The number of carboxylic acids is 2. The molecule has 2 atom stereocenters. The lowest BCUT2D eigenvalue weighted by Gasteiger charge is -2.46. The van der Waals surface area contributed by atoms with Gasteiger partial charge in [0.1, 0.15) is 0 Å². The second kappa shape index (κ2) is 8.44. The lowest BCUT2D eigenvalue weighted by Crippen LogP contribution is -2.63. The minimum absolute atomic E-state index is 0.135. The van der Waals surface area contributed by atoms with Crippen LogP contribution in [0.5, 0.6) is 0 Å². The maximum absolute atomic E-state index is 10.6. The molecular weight excluding hydrogens is 350 g/mol. The number of carbonyl (C=O) groups is 2. The topological polar surface area (TPSA) is 116 Å². The highest BCUT2D eigenvalue weighted by Gasteiger charge is 2.44. The van der Waals surface area contributed by atoms with Gasteiger partial charge in [0, 0.05) is 28.3 Å². The van der Waals surface area contributed by atoms with Crippen LogP contribution < -0.4 is 5.32 Å². The van der Waals surface area contributed by atoms with Crippen molar-refractivity contribution in [1.29, 1.82) is 0 Å². The number of hydrogen-bond donors (Lipinski definition) is 4. The van der Waals surface area contributed by atoms with Gasteiger partial charge in [-0.05, 0) is 32.9 Å². The molecular formula is C17H22ClNO6. The van der Waals surface area contributed by atoms with Gasteiger partial charge in [0.15, 0.2) is 0 Å².